The number of benzene rings is 2. The van der Waals surface area contributed by atoms with E-state index in [1.54, 1.807) is 0 Å². The minimum Gasteiger partial charge on any atom is -0.550 e. The van der Waals surface area contributed by atoms with Crippen LogP contribution < -0.4 is 24.4 Å². The first-order chi connectivity index (χ1) is 37.7. The largest absolute Gasteiger partial charge is 0.550 e. The number of sulfone groups is 2. The predicted molar refractivity (Wildman–Crippen MR) is 288 cm³/mol. The number of carbonyl (C=O) groups excluding carboxylic acids is 3. The van der Waals surface area contributed by atoms with Gasteiger partial charge in [-0.15, -0.1) is 0 Å². The molecule has 0 fully saturated rings. The number of quaternary nitrogens is 2. The van der Waals surface area contributed by atoms with Crippen LogP contribution in [0.15, 0.2) is 0 Å². The van der Waals surface area contributed by atoms with Gasteiger partial charge in [-0.2, -0.15) is 55.8 Å². The Morgan fingerprint density at radius 3 is 1.20 bits per heavy atom. The number of carbonyl (C=O) groups is 4. The Morgan fingerprint density at radius 2 is 0.800 bits per heavy atom. The number of likely N-dealkylation sites (N-methyl/N-ethyl adjacent to an activating group) is 2. The summed E-state index contributed by atoms with van der Waals surface area (Å²) in [6, 6.07) is 0. The number of hydrogen-bond acceptors (Lipinski definition) is 19. The van der Waals surface area contributed by atoms with Crippen LogP contribution in [0.2, 0.25) is 0 Å². The van der Waals surface area contributed by atoms with Crippen molar-refractivity contribution in [2.45, 2.75) is 39.5 Å². The van der Waals surface area contributed by atoms with Crippen LogP contribution in [0.3, 0.4) is 0 Å². The van der Waals surface area contributed by atoms with E-state index in [1.807, 2.05) is 14.1 Å². The average molecular weight is 1280 g/mol. The summed E-state index contributed by atoms with van der Waals surface area (Å²) < 4.78 is 188. The fraction of sp³-hybridized carbons (Fsp3) is 0.667. The van der Waals surface area contributed by atoms with Gasteiger partial charge in [0.2, 0.25) is 23.1 Å². The molecule has 2 unspecified atom stereocenters. The maximum Gasteiger partial charge on any atom is 0.312 e. The molecule has 2 atom stereocenters. The minimum absolute atomic E-state index is 0.0143. The molecule has 0 amide bonds. The highest BCUT2D eigenvalue weighted by atomic mass is 32.2. The maximum absolute atomic E-state index is 13.9. The molecule has 2 aromatic carbocycles. The Bertz CT molecular complexity index is 2400. The quantitative estimate of drug-likeness (QED) is 0.0215. The van der Waals surface area contributed by atoms with E-state index in [-0.39, 0.29) is 73.4 Å². The van der Waals surface area contributed by atoms with Gasteiger partial charge in [-0.1, -0.05) is 0 Å². The second-order valence-electron chi connectivity index (χ2n) is 17.3. The summed E-state index contributed by atoms with van der Waals surface area (Å²) in [6.45, 7) is 6.18. The summed E-state index contributed by atoms with van der Waals surface area (Å²) in [4.78, 5) is 46.5. The van der Waals surface area contributed by atoms with Gasteiger partial charge < -0.3 is 53.2 Å². The Balaban J connectivity index is 0.000000809. The molecule has 18 nitrogen and oxygen atoms in total. The van der Waals surface area contributed by atoms with E-state index in [0.717, 1.165) is 23.6 Å². The molecule has 0 spiro atoms. The number of halogens is 8. The van der Waals surface area contributed by atoms with Crippen molar-refractivity contribution >= 4 is 90.6 Å². The van der Waals surface area contributed by atoms with Gasteiger partial charge in [0.25, 0.3) is 0 Å². The van der Waals surface area contributed by atoms with Crippen molar-refractivity contribution in [2.24, 2.45) is 0 Å². The van der Waals surface area contributed by atoms with Gasteiger partial charge in [-0.3, -0.25) is 14.4 Å². The Kier molecular flexibility index (Phi) is 39.1. The highest BCUT2D eigenvalue weighted by Gasteiger charge is 2.28. The zero-order valence-corrected chi connectivity index (χ0v) is 49.7. The summed E-state index contributed by atoms with van der Waals surface area (Å²) in [5.41, 5.74) is -1.57. The van der Waals surface area contributed by atoms with Gasteiger partial charge in [0, 0.05) is 69.5 Å². The van der Waals surface area contributed by atoms with Crippen LogP contribution in [0.25, 0.3) is 0 Å². The molecule has 460 valence electrons. The van der Waals surface area contributed by atoms with Crippen LogP contribution >= 0.6 is 47.0 Å². The molecule has 0 aliphatic rings. The monoisotopic (exact) mass is 1280 g/mol. The third-order valence-electron chi connectivity index (χ3n) is 10.7. The number of carboxylic acid groups (broad SMARTS) is 2. The lowest BCUT2D eigenvalue weighted by Gasteiger charge is -2.14. The highest BCUT2D eigenvalue weighted by Crippen LogP contribution is 2.31. The van der Waals surface area contributed by atoms with Crippen LogP contribution in [0, 0.1) is 60.4 Å². The second-order valence-corrected chi connectivity index (χ2v) is 26.8. The Morgan fingerprint density at radius 1 is 0.438 bits per heavy atom. The number of rotatable bonds is 44. The summed E-state index contributed by atoms with van der Waals surface area (Å²) in [6.07, 6.45) is -0.390. The van der Waals surface area contributed by atoms with Crippen molar-refractivity contribution < 1.29 is 120 Å². The van der Waals surface area contributed by atoms with Gasteiger partial charge in [0.15, 0.2) is 54.6 Å². The van der Waals surface area contributed by atoms with E-state index in [1.165, 1.54) is 47.0 Å². The third-order valence-corrected chi connectivity index (χ3v) is 18.6. The maximum atomic E-state index is 13.9. The fourth-order valence-corrected chi connectivity index (χ4v) is 12.9. The third kappa shape index (κ3) is 33.2. The predicted octanol–water partition coefficient (Wildman–Crippen LogP) is 2.17. The van der Waals surface area contributed by atoms with E-state index >= 15 is 0 Å². The molecule has 0 saturated heterocycles. The topological polar surface area (TPSA) is 244 Å². The summed E-state index contributed by atoms with van der Waals surface area (Å²) in [5.74, 6) is -16.8. The van der Waals surface area contributed by atoms with Crippen LogP contribution in [-0.2, 0) is 57.8 Å². The lowest BCUT2D eigenvalue weighted by Crippen LogP contribution is -3.09. The number of esters is 2. The molecule has 0 radical (unpaired) electrons. The standard InChI is InChI=1S/C26H39F4NO9S3.C22H31F4NO7S3/c1-19-22(27)24(29)25(30)26(23(19)28)40-21(34)4-13-41-14-10-38-8-9-39-11-15-42-16-18-43(35,36)17-12-37-7-6-31(2)5-3-20(32)33;1-15-18(23)20(25)21(26)22(19(15)24)34-17(30)4-9-35-10-11-36-12-14-37(31,32)13-8-33-7-6-27(2)5-3-16(28)29/h3-18H2,1-2H3,(H,32,33);3-14H2,1-2H3,(H,28,29)/p+1. The first-order valence-electron chi connectivity index (χ1n) is 24.8. The van der Waals surface area contributed by atoms with Gasteiger partial charge >= 0.3 is 17.9 Å². The number of carboxylic acids is 2. The molecule has 32 heteroatoms. The molecule has 0 aliphatic carbocycles. The van der Waals surface area contributed by atoms with Crippen LogP contribution in [0.4, 0.5) is 35.1 Å². The SMILES string of the molecule is Cc1c(F)c(F)c(F)c(OC(=O)CCSCCOCCOCCSCCS(=O)(=O)CCOCC[NH+](C)CCC(=O)O)c1F.Cc1c(F)c(F)c(F)c(OC(=O)CCSCCSCCS(=O)(=O)CCOCC[NH+](C)CCC(=O)[O-])c1F. The molecule has 3 N–H and O–H groups in total. The highest BCUT2D eigenvalue weighted by molar-refractivity contribution is 8.03. The van der Waals surface area contributed by atoms with E-state index in [4.69, 9.17) is 24.1 Å². The fourth-order valence-electron chi connectivity index (χ4n) is 5.88. The first-order valence-corrected chi connectivity index (χ1v) is 33.1. The van der Waals surface area contributed by atoms with Crippen molar-refractivity contribution in [3.8, 4) is 11.5 Å². The Labute approximate surface area is 478 Å². The molecule has 80 heavy (non-hydrogen) atoms. The summed E-state index contributed by atoms with van der Waals surface area (Å²) in [7, 11) is -2.83. The number of hydrogen-bond donors (Lipinski definition) is 3. The second kappa shape index (κ2) is 41.8. The van der Waals surface area contributed by atoms with Crippen molar-refractivity contribution in [2.75, 3.05) is 162 Å². The lowest BCUT2D eigenvalue weighted by molar-refractivity contribution is -0.879. The van der Waals surface area contributed by atoms with E-state index < -0.39 is 113 Å². The van der Waals surface area contributed by atoms with Crippen LogP contribution in [0.5, 0.6) is 11.5 Å². The van der Waals surface area contributed by atoms with Crippen molar-refractivity contribution in [3.05, 3.63) is 57.7 Å². The number of ether oxygens (including phenoxy) is 6. The Hall–Kier alpha value is -3.18. The van der Waals surface area contributed by atoms with Crippen LogP contribution in [-0.4, -0.2) is 208 Å². The first kappa shape index (κ1) is 74.8. The summed E-state index contributed by atoms with van der Waals surface area (Å²) >= 11 is 5.55. The molecule has 0 heterocycles. The molecule has 2 aromatic rings. The van der Waals surface area contributed by atoms with Gasteiger partial charge in [0.1, 0.15) is 13.1 Å². The molecule has 0 saturated carbocycles. The molecule has 2 rings (SSSR count). The van der Waals surface area contributed by atoms with Gasteiger partial charge in [-0.05, 0) is 13.8 Å². The number of thioether (sulfide) groups is 4. The molecule has 0 aliphatic heterocycles. The smallest absolute Gasteiger partial charge is 0.312 e. The number of nitrogens with one attached hydrogen (secondary N) is 2. The molecule has 0 aromatic heterocycles. The van der Waals surface area contributed by atoms with Crippen molar-refractivity contribution in [1.29, 1.82) is 0 Å². The zero-order chi connectivity index (χ0) is 60.3. The molecular formula is C48H71F8N2O16S6+. The molecular weight excluding hydrogens is 1200 g/mol. The lowest BCUT2D eigenvalue weighted by atomic mass is 10.2. The van der Waals surface area contributed by atoms with E-state index in [0.29, 0.717) is 100 Å². The minimum atomic E-state index is -3.28. The van der Waals surface area contributed by atoms with Gasteiger partial charge in [0.05, 0.1) is 122 Å². The number of aliphatic carboxylic acids is 2. The van der Waals surface area contributed by atoms with Crippen molar-refractivity contribution in [3.63, 3.8) is 0 Å². The van der Waals surface area contributed by atoms with E-state index in [2.05, 4.69) is 9.47 Å². The zero-order valence-electron chi connectivity index (χ0n) is 44.8. The van der Waals surface area contributed by atoms with E-state index in [9.17, 15) is 76.2 Å². The van der Waals surface area contributed by atoms with Gasteiger partial charge in [-0.25, -0.2) is 43.2 Å². The average Bonchev–Trinajstić information content (AvgIpc) is 3.40. The molecule has 0 bridgehead atoms. The normalized spacial score (nSPS) is 12.4. The van der Waals surface area contributed by atoms with Crippen LogP contribution in [0.1, 0.15) is 36.8 Å². The summed E-state index contributed by atoms with van der Waals surface area (Å²) in [5, 5.41) is 19.1. The van der Waals surface area contributed by atoms with Crippen molar-refractivity contribution in [1.82, 2.24) is 0 Å².